The van der Waals surface area contributed by atoms with E-state index in [4.69, 9.17) is 4.42 Å². The average Bonchev–Trinajstić information content (AvgIpc) is 3.14. The van der Waals surface area contributed by atoms with Crippen LogP contribution in [-0.2, 0) is 6.54 Å². The van der Waals surface area contributed by atoms with Gasteiger partial charge in [0.05, 0.1) is 12.1 Å². The van der Waals surface area contributed by atoms with Gasteiger partial charge in [0, 0.05) is 23.8 Å². The third kappa shape index (κ3) is 2.01. The summed E-state index contributed by atoms with van der Waals surface area (Å²) < 4.78 is 8.55. The lowest BCUT2D eigenvalue weighted by atomic mass is 10.1. The Morgan fingerprint density at radius 1 is 1.24 bits per heavy atom. The van der Waals surface area contributed by atoms with Gasteiger partial charge in [-0.1, -0.05) is 18.2 Å². The first-order valence-corrected chi connectivity index (χ1v) is 7.01. The second kappa shape index (κ2) is 4.48. The minimum Gasteiger partial charge on any atom is -0.464 e. The molecule has 0 spiro atoms. The van der Waals surface area contributed by atoms with Crippen LogP contribution in [-0.4, -0.2) is 14.9 Å². The van der Waals surface area contributed by atoms with Crippen molar-refractivity contribution in [3.8, 4) is 0 Å². The van der Waals surface area contributed by atoms with Gasteiger partial charge in [0.25, 0.3) is 0 Å². The summed E-state index contributed by atoms with van der Waals surface area (Å²) in [6.45, 7) is 0.0437. The molecule has 0 bridgehead atoms. The van der Waals surface area contributed by atoms with E-state index in [9.17, 15) is 9.59 Å². The Labute approximate surface area is 120 Å². The Bertz CT molecular complexity index is 880. The topological polar surface area (TPSA) is 57.1 Å². The van der Waals surface area contributed by atoms with Crippen molar-refractivity contribution in [2.75, 3.05) is 0 Å². The highest BCUT2D eigenvalue weighted by Crippen LogP contribution is 2.33. The van der Waals surface area contributed by atoms with Crippen molar-refractivity contribution >= 4 is 16.8 Å². The molecule has 1 aliphatic rings. The van der Waals surface area contributed by atoms with Gasteiger partial charge >= 0.3 is 5.69 Å². The van der Waals surface area contributed by atoms with E-state index < -0.39 is 0 Å². The Kier molecular flexibility index (Phi) is 2.60. The summed E-state index contributed by atoms with van der Waals surface area (Å²) in [6, 6.07) is 7.72. The highest BCUT2D eigenvalue weighted by molar-refractivity contribution is 6.06. The van der Waals surface area contributed by atoms with Gasteiger partial charge in [-0.2, -0.15) is 0 Å². The van der Waals surface area contributed by atoms with E-state index in [2.05, 4.69) is 0 Å². The van der Waals surface area contributed by atoms with Gasteiger partial charge in [-0.3, -0.25) is 13.9 Å². The van der Waals surface area contributed by atoms with Gasteiger partial charge in [0.15, 0.2) is 5.78 Å². The predicted octanol–water partition coefficient (Wildman–Crippen LogP) is 2.61. The number of fused-ring (bicyclic) bond motifs is 1. The Balaban J connectivity index is 1.65. The first-order chi connectivity index (χ1) is 10.2. The SMILES string of the molecule is O=C(Cn1ccn(C2CC2)c1=O)c1coc2ccccc12. The lowest BCUT2D eigenvalue weighted by Crippen LogP contribution is -2.26. The van der Waals surface area contributed by atoms with Crippen LogP contribution >= 0.6 is 0 Å². The molecule has 106 valence electrons. The molecule has 21 heavy (non-hydrogen) atoms. The Morgan fingerprint density at radius 3 is 2.86 bits per heavy atom. The molecule has 4 rings (SSSR count). The minimum absolute atomic E-state index is 0.0437. The number of rotatable bonds is 4. The summed E-state index contributed by atoms with van der Waals surface area (Å²) in [4.78, 5) is 24.6. The summed E-state index contributed by atoms with van der Waals surface area (Å²) in [7, 11) is 0. The maximum absolute atomic E-state index is 12.4. The molecule has 5 heteroatoms. The van der Waals surface area contributed by atoms with Crippen LogP contribution in [0.5, 0.6) is 0 Å². The zero-order valence-corrected chi connectivity index (χ0v) is 11.4. The monoisotopic (exact) mass is 282 g/mol. The van der Waals surface area contributed by atoms with Gasteiger partial charge in [0.1, 0.15) is 11.8 Å². The summed E-state index contributed by atoms with van der Waals surface area (Å²) in [6.07, 6.45) is 7.01. The molecule has 2 heterocycles. The maximum Gasteiger partial charge on any atom is 0.328 e. The van der Waals surface area contributed by atoms with E-state index in [0.29, 0.717) is 17.2 Å². The smallest absolute Gasteiger partial charge is 0.328 e. The van der Waals surface area contributed by atoms with Crippen molar-refractivity contribution in [3.05, 3.63) is 59.0 Å². The number of para-hydroxylation sites is 1. The molecule has 1 aromatic carbocycles. The summed E-state index contributed by atoms with van der Waals surface area (Å²) in [5.41, 5.74) is 1.10. The largest absolute Gasteiger partial charge is 0.464 e. The third-order valence-corrected chi connectivity index (χ3v) is 3.91. The van der Waals surface area contributed by atoms with E-state index in [1.165, 1.54) is 10.8 Å². The number of furan rings is 1. The molecule has 0 N–H and O–H groups in total. The van der Waals surface area contributed by atoms with Crippen molar-refractivity contribution < 1.29 is 9.21 Å². The fraction of sp³-hybridized carbons (Fsp3) is 0.250. The number of nitrogens with zero attached hydrogens (tertiary/aromatic N) is 2. The second-order valence-corrected chi connectivity index (χ2v) is 5.42. The van der Waals surface area contributed by atoms with Crippen LogP contribution in [0.4, 0.5) is 0 Å². The third-order valence-electron chi connectivity index (χ3n) is 3.91. The van der Waals surface area contributed by atoms with Crippen LogP contribution in [0, 0.1) is 0 Å². The van der Waals surface area contributed by atoms with Gasteiger partial charge in [0.2, 0.25) is 0 Å². The summed E-state index contributed by atoms with van der Waals surface area (Å²) >= 11 is 0. The molecular formula is C16H14N2O3. The number of aromatic nitrogens is 2. The fourth-order valence-electron chi connectivity index (χ4n) is 2.61. The molecule has 0 aliphatic heterocycles. The fourth-order valence-corrected chi connectivity index (χ4v) is 2.61. The number of carbonyl (C=O) groups is 1. The van der Waals surface area contributed by atoms with Crippen LogP contribution in [0.15, 0.2) is 52.1 Å². The van der Waals surface area contributed by atoms with Gasteiger partial charge in [-0.15, -0.1) is 0 Å². The molecule has 1 fully saturated rings. The number of imidazole rings is 1. The van der Waals surface area contributed by atoms with Crippen LogP contribution < -0.4 is 5.69 Å². The Morgan fingerprint density at radius 2 is 2.05 bits per heavy atom. The molecule has 5 nitrogen and oxygen atoms in total. The minimum atomic E-state index is -0.115. The van der Waals surface area contributed by atoms with Crippen molar-refractivity contribution in [3.63, 3.8) is 0 Å². The van der Waals surface area contributed by atoms with E-state index >= 15 is 0 Å². The molecule has 1 aliphatic carbocycles. The van der Waals surface area contributed by atoms with Crippen LogP contribution in [0.25, 0.3) is 11.0 Å². The van der Waals surface area contributed by atoms with Gasteiger partial charge in [-0.05, 0) is 18.9 Å². The maximum atomic E-state index is 12.4. The molecular weight excluding hydrogens is 268 g/mol. The van der Waals surface area contributed by atoms with E-state index in [0.717, 1.165) is 18.2 Å². The number of ketones is 1. The number of carbonyl (C=O) groups excluding carboxylic acids is 1. The molecule has 2 aromatic heterocycles. The van der Waals surface area contributed by atoms with Crippen molar-refractivity contribution in [1.82, 2.24) is 9.13 Å². The lowest BCUT2D eigenvalue weighted by Gasteiger charge is -2.00. The van der Waals surface area contributed by atoms with Gasteiger partial charge in [-0.25, -0.2) is 4.79 Å². The van der Waals surface area contributed by atoms with E-state index in [1.807, 2.05) is 24.3 Å². The molecule has 0 atom stereocenters. The van der Waals surface area contributed by atoms with Crippen LogP contribution in [0.3, 0.4) is 0 Å². The lowest BCUT2D eigenvalue weighted by molar-refractivity contribution is 0.0971. The zero-order chi connectivity index (χ0) is 14.4. The molecule has 0 radical (unpaired) electrons. The highest BCUT2D eigenvalue weighted by atomic mass is 16.3. The van der Waals surface area contributed by atoms with Crippen LogP contribution in [0.2, 0.25) is 0 Å². The number of hydrogen-bond donors (Lipinski definition) is 0. The van der Waals surface area contributed by atoms with E-state index in [-0.39, 0.29) is 18.0 Å². The number of Topliss-reactive ketones (excluding diaryl/α,β-unsaturated/α-hetero) is 1. The number of benzene rings is 1. The molecule has 0 amide bonds. The van der Waals surface area contributed by atoms with Crippen molar-refractivity contribution in [1.29, 1.82) is 0 Å². The Hall–Kier alpha value is -2.56. The van der Waals surface area contributed by atoms with Gasteiger partial charge < -0.3 is 4.42 Å². The highest BCUT2D eigenvalue weighted by Gasteiger charge is 2.26. The normalized spacial score (nSPS) is 14.7. The summed E-state index contributed by atoms with van der Waals surface area (Å²) in [5.74, 6) is -0.115. The first-order valence-electron chi connectivity index (χ1n) is 7.01. The predicted molar refractivity (Wildman–Crippen MR) is 77.5 cm³/mol. The van der Waals surface area contributed by atoms with Crippen molar-refractivity contribution in [2.24, 2.45) is 0 Å². The molecule has 3 aromatic rings. The quantitative estimate of drug-likeness (QED) is 0.691. The average molecular weight is 282 g/mol. The second-order valence-electron chi connectivity index (χ2n) is 5.42. The molecule has 1 saturated carbocycles. The number of hydrogen-bond acceptors (Lipinski definition) is 3. The molecule has 0 saturated heterocycles. The standard InChI is InChI=1S/C16H14N2O3/c19-14(13-10-21-15-4-2-1-3-12(13)15)9-17-7-8-18(16(17)20)11-5-6-11/h1-4,7-8,10-11H,5-6,9H2. The van der Waals surface area contributed by atoms with Crippen molar-refractivity contribution in [2.45, 2.75) is 25.4 Å². The summed E-state index contributed by atoms with van der Waals surface area (Å²) in [5, 5.41) is 0.789. The molecule has 0 unspecified atom stereocenters. The van der Waals surface area contributed by atoms with E-state index in [1.54, 1.807) is 17.0 Å². The van der Waals surface area contributed by atoms with Crippen LogP contribution in [0.1, 0.15) is 29.2 Å². The first kappa shape index (κ1) is 12.2. The zero-order valence-electron chi connectivity index (χ0n) is 11.4.